The van der Waals surface area contributed by atoms with Crippen LogP contribution in [-0.2, 0) is 11.2 Å². The van der Waals surface area contributed by atoms with Crippen molar-refractivity contribution in [2.24, 2.45) is 0 Å². The molecular formula is C25H33N3O2. The summed E-state index contributed by atoms with van der Waals surface area (Å²) in [6.07, 6.45) is 3.27. The van der Waals surface area contributed by atoms with E-state index in [2.05, 4.69) is 59.3 Å². The van der Waals surface area contributed by atoms with Gasteiger partial charge in [0.2, 0.25) is 0 Å². The van der Waals surface area contributed by atoms with Gasteiger partial charge in [-0.1, -0.05) is 36.4 Å². The number of hydrogen-bond donors (Lipinski definition) is 0. The average Bonchev–Trinajstić information content (AvgIpc) is 2.83. The van der Waals surface area contributed by atoms with E-state index >= 15 is 0 Å². The normalized spacial score (nSPS) is 19.9. The van der Waals surface area contributed by atoms with Crippen molar-refractivity contribution in [3.8, 4) is 0 Å². The number of likely N-dealkylation sites (tertiary alicyclic amines) is 1. The molecule has 5 heteroatoms. The molecule has 1 amide bonds. The number of amides is 1. The zero-order valence-corrected chi connectivity index (χ0v) is 18.0. The third kappa shape index (κ3) is 5.21. The monoisotopic (exact) mass is 407 g/mol. The molecule has 0 aliphatic carbocycles. The van der Waals surface area contributed by atoms with E-state index in [1.165, 1.54) is 5.56 Å². The Morgan fingerprint density at radius 3 is 2.67 bits per heavy atom. The van der Waals surface area contributed by atoms with Gasteiger partial charge in [0.25, 0.3) is 5.91 Å². The van der Waals surface area contributed by atoms with Crippen LogP contribution in [0.4, 0.5) is 5.69 Å². The molecule has 0 unspecified atom stereocenters. The Morgan fingerprint density at radius 1 is 1.07 bits per heavy atom. The lowest BCUT2D eigenvalue weighted by Crippen LogP contribution is -2.49. The maximum atomic E-state index is 13.2. The molecule has 2 aliphatic rings. The Morgan fingerprint density at radius 2 is 1.87 bits per heavy atom. The largest absolute Gasteiger partial charge is 0.378 e. The van der Waals surface area contributed by atoms with Gasteiger partial charge in [0.1, 0.15) is 0 Å². The zero-order valence-electron chi connectivity index (χ0n) is 18.0. The van der Waals surface area contributed by atoms with Crippen LogP contribution in [0.15, 0.2) is 54.6 Å². The van der Waals surface area contributed by atoms with Crippen molar-refractivity contribution in [1.82, 2.24) is 9.80 Å². The highest BCUT2D eigenvalue weighted by molar-refractivity contribution is 5.95. The molecule has 2 heterocycles. The van der Waals surface area contributed by atoms with Gasteiger partial charge in [-0.25, -0.2) is 0 Å². The molecule has 2 aromatic carbocycles. The number of carbonyl (C=O) groups is 1. The third-order valence-electron chi connectivity index (χ3n) is 6.37. The number of ether oxygens (including phenoxy) is 1. The summed E-state index contributed by atoms with van der Waals surface area (Å²) < 4.78 is 5.45. The van der Waals surface area contributed by atoms with Crippen molar-refractivity contribution in [3.05, 3.63) is 65.7 Å². The maximum Gasteiger partial charge on any atom is 0.253 e. The summed E-state index contributed by atoms with van der Waals surface area (Å²) in [6.45, 7) is 5.95. The zero-order chi connectivity index (χ0) is 20.8. The number of nitrogens with zero attached hydrogens (tertiary/aromatic N) is 3. The fraction of sp³-hybridized carbons (Fsp3) is 0.480. The Bertz CT molecular complexity index is 820. The highest BCUT2D eigenvalue weighted by atomic mass is 16.5. The van der Waals surface area contributed by atoms with Crippen LogP contribution in [0.1, 0.15) is 28.8 Å². The molecule has 5 nitrogen and oxygen atoms in total. The van der Waals surface area contributed by atoms with Crippen LogP contribution in [-0.4, -0.2) is 74.7 Å². The van der Waals surface area contributed by atoms with Crippen LogP contribution in [0.3, 0.4) is 0 Å². The van der Waals surface area contributed by atoms with E-state index in [0.717, 1.165) is 76.5 Å². The first-order chi connectivity index (χ1) is 14.7. The number of likely N-dealkylation sites (N-methyl/N-ethyl adjacent to an activating group) is 1. The van der Waals surface area contributed by atoms with Gasteiger partial charge in [-0.15, -0.1) is 0 Å². The topological polar surface area (TPSA) is 36.0 Å². The summed E-state index contributed by atoms with van der Waals surface area (Å²) in [5, 5.41) is 0. The SMILES string of the molecule is CN(CCc1ccccc1)[C@H]1CCCN(C(=O)c2cccc(N3CCOCC3)c2)C1. The summed E-state index contributed by atoms with van der Waals surface area (Å²) in [5.41, 5.74) is 3.29. The summed E-state index contributed by atoms with van der Waals surface area (Å²) in [6, 6.07) is 19.2. The first kappa shape index (κ1) is 20.9. The highest BCUT2D eigenvalue weighted by Gasteiger charge is 2.27. The molecule has 160 valence electrons. The van der Waals surface area contributed by atoms with E-state index in [-0.39, 0.29) is 5.91 Å². The van der Waals surface area contributed by atoms with Gasteiger partial charge in [-0.3, -0.25) is 4.79 Å². The van der Waals surface area contributed by atoms with Crippen molar-refractivity contribution in [3.63, 3.8) is 0 Å². The van der Waals surface area contributed by atoms with Crippen molar-refractivity contribution in [2.75, 3.05) is 57.9 Å². The summed E-state index contributed by atoms with van der Waals surface area (Å²) >= 11 is 0. The molecule has 0 aromatic heterocycles. The minimum Gasteiger partial charge on any atom is -0.378 e. The van der Waals surface area contributed by atoms with Gasteiger partial charge < -0.3 is 19.4 Å². The second-order valence-electron chi connectivity index (χ2n) is 8.41. The molecule has 1 atom stereocenters. The van der Waals surface area contributed by atoms with Gasteiger partial charge in [0.15, 0.2) is 0 Å². The first-order valence-electron chi connectivity index (χ1n) is 11.2. The lowest BCUT2D eigenvalue weighted by atomic mass is 10.0. The fourth-order valence-corrected chi connectivity index (χ4v) is 4.47. The lowest BCUT2D eigenvalue weighted by Gasteiger charge is -2.38. The second kappa shape index (κ2) is 10.1. The number of rotatable bonds is 6. The van der Waals surface area contributed by atoms with Crippen molar-refractivity contribution in [2.45, 2.75) is 25.3 Å². The highest BCUT2D eigenvalue weighted by Crippen LogP contribution is 2.21. The van der Waals surface area contributed by atoms with E-state index in [9.17, 15) is 4.79 Å². The quantitative estimate of drug-likeness (QED) is 0.736. The van der Waals surface area contributed by atoms with Crippen LogP contribution < -0.4 is 4.90 Å². The van der Waals surface area contributed by atoms with E-state index < -0.39 is 0 Å². The summed E-state index contributed by atoms with van der Waals surface area (Å²) in [4.78, 5) is 20.0. The first-order valence-corrected chi connectivity index (χ1v) is 11.2. The molecule has 2 aromatic rings. The Kier molecular flexibility index (Phi) is 7.03. The molecular weight excluding hydrogens is 374 g/mol. The molecule has 0 radical (unpaired) electrons. The molecule has 0 saturated carbocycles. The molecule has 0 bridgehead atoms. The number of benzene rings is 2. The van der Waals surface area contributed by atoms with Crippen LogP contribution in [0, 0.1) is 0 Å². The van der Waals surface area contributed by atoms with Gasteiger partial charge in [0.05, 0.1) is 13.2 Å². The number of hydrogen-bond acceptors (Lipinski definition) is 4. The van der Waals surface area contributed by atoms with Gasteiger partial charge in [-0.2, -0.15) is 0 Å². The molecule has 30 heavy (non-hydrogen) atoms. The molecule has 2 saturated heterocycles. The number of carbonyl (C=O) groups excluding carboxylic acids is 1. The average molecular weight is 408 g/mol. The second-order valence-corrected chi connectivity index (χ2v) is 8.41. The molecule has 0 spiro atoms. The maximum absolute atomic E-state index is 13.2. The smallest absolute Gasteiger partial charge is 0.253 e. The van der Waals surface area contributed by atoms with Crippen molar-refractivity contribution >= 4 is 11.6 Å². The lowest BCUT2D eigenvalue weighted by molar-refractivity contribution is 0.0611. The Hall–Kier alpha value is -2.37. The Balaban J connectivity index is 1.36. The molecule has 4 rings (SSSR count). The van der Waals surface area contributed by atoms with Gasteiger partial charge in [-0.05, 0) is 50.1 Å². The predicted octanol–water partition coefficient (Wildman–Crippen LogP) is 3.30. The van der Waals surface area contributed by atoms with E-state index in [1.54, 1.807) is 0 Å². The minimum atomic E-state index is 0.159. The van der Waals surface area contributed by atoms with Gasteiger partial charge >= 0.3 is 0 Å². The van der Waals surface area contributed by atoms with E-state index in [4.69, 9.17) is 4.74 Å². The minimum absolute atomic E-state index is 0.159. The standard InChI is InChI=1S/C25H33N3O2/c1-26(14-12-21-7-3-2-4-8-21)24-11-6-13-28(20-24)25(29)22-9-5-10-23(19-22)27-15-17-30-18-16-27/h2-5,7-10,19,24H,6,11-18,20H2,1H3/t24-/m0/s1. The van der Waals surface area contributed by atoms with Crippen LogP contribution in [0.2, 0.25) is 0 Å². The summed E-state index contributed by atoms with van der Waals surface area (Å²) in [5.74, 6) is 0.159. The third-order valence-corrected chi connectivity index (χ3v) is 6.37. The number of piperidine rings is 1. The van der Waals surface area contributed by atoms with Crippen LogP contribution >= 0.6 is 0 Å². The van der Waals surface area contributed by atoms with Crippen LogP contribution in [0.5, 0.6) is 0 Å². The predicted molar refractivity (Wildman–Crippen MR) is 121 cm³/mol. The molecule has 2 aliphatic heterocycles. The van der Waals surface area contributed by atoms with Crippen molar-refractivity contribution < 1.29 is 9.53 Å². The van der Waals surface area contributed by atoms with Gasteiger partial charge in [0, 0.05) is 50.0 Å². The fourth-order valence-electron chi connectivity index (χ4n) is 4.47. The molecule has 2 fully saturated rings. The van der Waals surface area contributed by atoms with Crippen LogP contribution in [0.25, 0.3) is 0 Å². The molecule has 0 N–H and O–H groups in total. The number of anilines is 1. The number of morpholine rings is 1. The van der Waals surface area contributed by atoms with E-state index in [0.29, 0.717) is 6.04 Å². The van der Waals surface area contributed by atoms with E-state index in [1.807, 2.05) is 17.0 Å². The Labute approximate surface area is 180 Å². The summed E-state index contributed by atoms with van der Waals surface area (Å²) in [7, 11) is 2.20. The van der Waals surface area contributed by atoms with Crippen molar-refractivity contribution in [1.29, 1.82) is 0 Å².